The zero-order chi connectivity index (χ0) is 17.8. The van der Waals surface area contributed by atoms with Crippen LogP contribution in [0.3, 0.4) is 0 Å². The summed E-state index contributed by atoms with van der Waals surface area (Å²) in [5, 5.41) is 6.68. The number of hydrogen-bond acceptors (Lipinski definition) is 3. The predicted molar refractivity (Wildman–Crippen MR) is 118 cm³/mol. The minimum Gasteiger partial charge on any atom is -0.494 e. The lowest BCUT2D eigenvalue weighted by Crippen LogP contribution is -2.39. The van der Waals surface area contributed by atoms with Crippen LogP contribution in [-0.4, -0.2) is 57.7 Å². The van der Waals surface area contributed by atoms with Gasteiger partial charge in [0.05, 0.1) is 6.61 Å². The second-order valence-electron chi connectivity index (χ2n) is 7.04. The van der Waals surface area contributed by atoms with E-state index in [1.54, 1.807) is 0 Å². The molecule has 6 heteroatoms. The summed E-state index contributed by atoms with van der Waals surface area (Å²) in [6, 6.07) is 9.92. The van der Waals surface area contributed by atoms with Crippen molar-refractivity contribution in [2.45, 2.75) is 27.2 Å². The molecule has 1 rings (SSSR count). The zero-order valence-corrected chi connectivity index (χ0v) is 18.7. The van der Waals surface area contributed by atoms with E-state index in [1.165, 1.54) is 0 Å². The van der Waals surface area contributed by atoms with Crippen LogP contribution in [-0.2, 0) is 0 Å². The van der Waals surface area contributed by atoms with Gasteiger partial charge in [0.1, 0.15) is 5.75 Å². The molecule has 0 unspecified atom stereocenters. The van der Waals surface area contributed by atoms with Gasteiger partial charge in [-0.05, 0) is 45.0 Å². The highest BCUT2D eigenvalue weighted by Gasteiger charge is 2.18. The van der Waals surface area contributed by atoms with E-state index in [9.17, 15) is 0 Å². The number of ether oxygens (including phenoxy) is 1. The summed E-state index contributed by atoms with van der Waals surface area (Å²) in [6.07, 6.45) is 0.931. The van der Waals surface area contributed by atoms with E-state index in [0.29, 0.717) is 6.61 Å². The molecule has 25 heavy (non-hydrogen) atoms. The molecule has 144 valence electrons. The first-order valence-electron chi connectivity index (χ1n) is 8.78. The summed E-state index contributed by atoms with van der Waals surface area (Å²) in [5.74, 6) is 1.80. The molecule has 0 radical (unpaired) electrons. The fourth-order valence-corrected chi connectivity index (χ4v) is 2.53. The molecule has 5 nitrogen and oxygen atoms in total. The first-order chi connectivity index (χ1) is 11.4. The van der Waals surface area contributed by atoms with E-state index in [-0.39, 0.29) is 29.4 Å². The predicted octanol–water partition coefficient (Wildman–Crippen LogP) is 3.22. The van der Waals surface area contributed by atoms with E-state index in [4.69, 9.17) is 9.73 Å². The van der Waals surface area contributed by atoms with Gasteiger partial charge in [0.2, 0.25) is 0 Å². The average molecular weight is 462 g/mol. The van der Waals surface area contributed by atoms with Gasteiger partial charge in [-0.3, -0.25) is 4.99 Å². The Morgan fingerprint density at radius 1 is 1.16 bits per heavy atom. The summed E-state index contributed by atoms with van der Waals surface area (Å²) >= 11 is 0. The summed E-state index contributed by atoms with van der Waals surface area (Å²) in [5.41, 5.74) is 0.155. The molecule has 0 atom stereocenters. The maximum atomic E-state index is 5.70. The van der Waals surface area contributed by atoms with Crippen molar-refractivity contribution in [3.63, 3.8) is 0 Å². The molecule has 1 aromatic rings. The molecule has 0 aliphatic heterocycles. The molecule has 0 heterocycles. The molecule has 0 aliphatic rings. The van der Waals surface area contributed by atoms with Gasteiger partial charge in [0.25, 0.3) is 0 Å². The lowest BCUT2D eigenvalue weighted by molar-refractivity contribution is 0.248. The van der Waals surface area contributed by atoms with Gasteiger partial charge in [0.15, 0.2) is 5.96 Å². The van der Waals surface area contributed by atoms with Gasteiger partial charge in [-0.25, -0.2) is 0 Å². The Morgan fingerprint density at radius 3 is 2.44 bits per heavy atom. The molecule has 1 aromatic carbocycles. The minimum absolute atomic E-state index is 0. The largest absolute Gasteiger partial charge is 0.494 e. The number of aliphatic imine (C=N–C) groups is 1. The number of rotatable bonds is 10. The number of nitrogens with zero attached hydrogens (tertiary/aromatic N) is 2. The van der Waals surface area contributed by atoms with Crippen molar-refractivity contribution in [2.24, 2.45) is 10.4 Å². The van der Waals surface area contributed by atoms with Crippen molar-refractivity contribution < 1.29 is 4.74 Å². The van der Waals surface area contributed by atoms with Crippen LogP contribution in [0.2, 0.25) is 0 Å². The van der Waals surface area contributed by atoms with Gasteiger partial charge >= 0.3 is 0 Å². The quantitative estimate of drug-likeness (QED) is 0.243. The third-order valence-electron chi connectivity index (χ3n) is 3.38. The molecule has 0 bridgehead atoms. The minimum atomic E-state index is 0. The topological polar surface area (TPSA) is 48.9 Å². The van der Waals surface area contributed by atoms with Gasteiger partial charge in [-0.15, -0.1) is 24.0 Å². The number of nitrogens with one attached hydrogen (secondary N) is 2. The second-order valence-corrected chi connectivity index (χ2v) is 7.04. The summed E-state index contributed by atoms with van der Waals surface area (Å²) < 4.78 is 5.70. The van der Waals surface area contributed by atoms with Crippen molar-refractivity contribution in [1.82, 2.24) is 15.5 Å². The molecule has 0 amide bonds. The lowest BCUT2D eigenvalue weighted by atomic mass is 9.93. The van der Waals surface area contributed by atoms with Gasteiger partial charge < -0.3 is 20.3 Å². The fourth-order valence-electron chi connectivity index (χ4n) is 2.53. The summed E-state index contributed by atoms with van der Waals surface area (Å²) in [4.78, 5) is 6.93. The lowest BCUT2D eigenvalue weighted by Gasteiger charge is -2.26. The number of hydrogen-bond donors (Lipinski definition) is 2. The van der Waals surface area contributed by atoms with Crippen LogP contribution < -0.4 is 15.4 Å². The average Bonchev–Trinajstić information content (AvgIpc) is 2.52. The number of halogens is 1. The van der Waals surface area contributed by atoms with Crippen molar-refractivity contribution in [2.75, 3.05) is 46.9 Å². The van der Waals surface area contributed by atoms with Crippen LogP contribution in [0.4, 0.5) is 0 Å². The van der Waals surface area contributed by atoms with Crippen molar-refractivity contribution >= 4 is 29.9 Å². The highest BCUT2D eigenvalue weighted by atomic mass is 127. The van der Waals surface area contributed by atoms with E-state index >= 15 is 0 Å². The Hall–Kier alpha value is -1.02. The molecular formula is C19H35IN4O. The van der Waals surface area contributed by atoms with E-state index < -0.39 is 0 Å². The maximum Gasteiger partial charge on any atom is 0.191 e. The monoisotopic (exact) mass is 462 g/mol. The van der Waals surface area contributed by atoms with Crippen molar-refractivity contribution in [3.8, 4) is 5.75 Å². The first-order valence-corrected chi connectivity index (χ1v) is 8.78. The van der Waals surface area contributed by atoms with Gasteiger partial charge in [-0.1, -0.05) is 32.0 Å². The molecule has 0 saturated heterocycles. The van der Waals surface area contributed by atoms with Crippen molar-refractivity contribution in [1.29, 1.82) is 0 Å². The standard InChI is InChI=1S/C19H34N4O.HI/c1-6-20-18(22-15-19(2,3)16-23(4)5)21-13-10-14-24-17-11-8-7-9-12-17;/h7-9,11-12H,6,10,13-16H2,1-5H3,(H2,20,21,22);1H. The first kappa shape index (κ1) is 24.0. The molecule has 2 N–H and O–H groups in total. The number of para-hydroxylation sites is 1. The summed E-state index contributed by atoms with van der Waals surface area (Å²) in [6.45, 7) is 10.8. The van der Waals surface area contributed by atoms with E-state index in [1.807, 2.05) is 30.3 Å². The van der Waals surface area contributed by atoms with Crippen LogP contribution in [0.15, 0.2) is 35.3 Å². The molecule has 0 aromatic heterocycles. The third-order valence-corrected chi connectivity index (χ3v) is 3.38. The zero-order valence-electron chi connectivity index (χ0n) is 16.3. The molecular weight excluding hydrogens is 427 g/mol. The van der Waals surface area contributed by atoms with Crippen LogP contribution in [0.5, 0.6) is 5.75 Å². The highest BCUT2D eigenvalue weighted by Crippen LogP contribution is 2.16. The maximum absolute atomic E-state index is 5.70. The van der Waals surface area contributed by atoms with E-state index in [2.05, 4.69) is 50.4 Å². The fraction of sp³-hybridized carbons (Fsp3) is 0.632. The van der Waals surface area contributed by atoms with E-state index in [0.717, 1.165) is 44.3 Å². The molecule has 0 aliphatic carbocycles. The van der Waals surface area contributed by atoms with Crippen LogP contribution in [0.25, 0.3) is 0 Å². The van der Waals surface area contributed by atoms with Crippen molar-refractivity contribution in [3.05, 3.63) is 30.3 Å². The number of benzene rings is 1. The summed E-state index contributed by atoms with van der Waals surface area (Å²) in [7, 11) is 4.20. The Bertz CT molecular complexity index is 478. The van der Waals surface area contributed by atoms with Crippen LogP contribution in [0, 0.1) is 5.41 Å². The Morgan fingerprint density at radius 2 is 1.84 bits per heavy atom. The van der Waals surface area contributed by atoms with Crippen LogP contribution >= 0.6 is 24.0 Å². The smallest absolute Gasteiger partial charge is 0.191 e. The Labute approximate surface area is 170 Å². The Kier molecular flexibility index (Phi) is 12.7. The molecule has 0 saturated carbocycles. The Balaban J connectivity index is 0.00000576. The van der Waals surface area contributed by atoms with Gasteiger partial charge in [0, 0.05) is 26.2 Å². The third kappa shape index (κ3) is 12.0. The molecule has 0 spiro atoms. The SMILES string of the molecule is CCNC(=NCC(C)(C)CN(C)C)NCCCOc1ccccc1.I. The normalized spacial score (nSPS) is 11.8. The second kappa shape index (κ2) is 13.2. The molecule has 0 fully saturated rings. The highest BCUT2D eigenvalue weighted by molar-refractivity contribution is 14.0. The number of guanidine groups is 1. The van der Waals surface area contributed by atoms with Crippen LogP contribution in [0.1, 0.15) is 27.2 Å². The van der Waals surface area contributed by atoms with Gasteiger partial charge in [-0.2, -0.15) is 0 Å².